The number of benzene rings is 2. The Morgan fingerprint density at radius 2 is 1.62 bits per heavy atom. The molecular weight excluding hydrogens is 279 g/mol. The van der Waals surface area contributed by atoms with Gasteiger partial charge < -0.3 is 9.05 Å². The van der Waals surface area contributed by atoms with Crippen LogP contribution in [0.5, 0.6) is 11.5 Å². The lowest BCUT2D eigenvalue weighted by molar-refractivity contribution is 0.488. The van der Waals surface area contributed by atoms with Gasteiger partial charge >= 0.3 is 0 Å². The summed E-state index contributed by atoms with van der Waals surface area (Å²) in [4.78, 5) is 0. The van der Waals surface area contributed by atoms with E-state index >= 15 is 0 Å². The number of aryl methyl sites for hydroxylation is 3. The van der Waals surface area contributed by atoms with E-state index in [4.69, 9.17) is 9.05 Å². The molecule has 110 valence electrons. The zero-order chi connectivity index (χ0) is 15.2. The Labute approximate surface area is 128 Å². The second-order valence-corrected chi connectivity index (χ2v) is 6.42. The first-order valence-corrected chi connectivity index (χ1v) is 8.33. The van der Waals surface area contributed by atoms with Crippen LogP contribution in [0.25, 0.3) is 0 Å². The first-order chi connectivity index (χ1) is 10.1. The van der Waals surface area contributed by atoms with Gasteiger partial charge in [0.2, 0.25) is 0 Å². The van der Waals surface area contributed by atoms with Gasteiger partial charge in [0.25, 0.3) is 8.38 Å². The Balaban J connectivity index is 2.18. The van der Waals surface area contributed by atoms with Crippen LogP contribution in [0.2, 0.25) is 0 Å². The Morgan fingerprint density at radius 3 is 2.19 bits per heavy atom. The molecule has 0 bridgehead atoms. The highest BCUT2D eigenvalue weighted by atomic mass is 31.2. The smallest absolute Gasteiger partial charge is 0.294 e. The minimum atomic E-state index is -1.07. The van der Waals surface area contributed by atoms with Crippen LogP contribution in [0, 0.1) is 20.8 Å². The Hall–Kier alpha value is -1.79. The fourth-order valence-electron chi connectivity index (χ4n) is 2.21. The quantitative estimate of drug-likeness (QED) is 0.513. The van der Waals surface area contributed by atoms with Gasteiger partial charge in [0.05, 0.1) is 6.16 Å². The predicted octanol–water partition coefficient (Wildman–Crippen LogP) is 5.57. The summed E-state index contributed by atoms with van der Waals surface area (Å²) >= 11 is 0. The summed E-state index contributed by atoms with van der Waals surface area (Å²) in [5.41, 5.74) is 3.52. The Kier molecular flexibility index (Phi) is 5.41. The molecule has 0 fully saturated rings. The van der Waals surface area contributed by atoms with E-state index in [0.29, 0.717) is 6.16 Å². The molecule has 0 heterocycles. The van der Waals surface area contributed by atoms with Crippen molar-refractivity contribution in [3.8, 4) is 11.5 Å². The van der Waals surface area contributed by atoms with Gasteiger partial charge in [-0.3, -0.25) is 0 Å². The van der Waals surface area contributed by atoms with Gasteiger partial charge in [0.1, 0.15) is 11.5 Å². The number of para-hydroxylation sites is 1. The van der Waals surface area contributed by atoms with E-state index in [1.807, 2.05) is 36.4 Å². The molecule has 0 N–H and O–H groups in total. The van der Waals surface area contributed by atoms with Crippen LogP contribution in [-0.2, 0) is 0 Å². The Morgan fingerprint density at radius 1 is 1.00 bits per heavy atom. The summed E-state index contributed by atoms with van der Waals surface area (Å²) in [5, 5.41) is 0. The maximum absolute atomic E-state index is 6.15. The minimum Gasteiger partial charge on any atom is -0.438 e. The molecule has 0 aliphatic carbocycles. The maximum Gasteiger partial charge on any atom is 0.294 e. The highest BCUT2D eigenvalue weighted by Crippen LogP contribution is 2.42. The highest BCUT2D eigenvalue weighted by molar-refractivity contribution is 7.48. The van der Waals surface area contributed by atoms with Crippen molar-refractivity contribution in [1.29, 1.82) is 0 Å². The SMILES string of the molecule is C=CCP(Oc1ccccc1)Oc1c(C)cc(C)cc1C. The molecule has 0 aromatic heterocycles. The molecule has 0 amide bonds. The predicted molar refractivity (Wildman–Crippen MR) is 90.3 cm³/mol. The van der Waals surface area contributed by atoms with Gasteiger partial charge in [-0.25, -0.2) is 0 Å². The van der Waals surface area contributed by atoms with Crippen molar-refractivity contribution in [3.63, 3.8) is 0 Å². The summed E-state index contributed by atoms with van der Waals surface area (Å²) in [6.07, 6.45) is 2.53. The molecule has 2 aromatic carbocycles. The van der Waals surface area contributed by atoms with E-state index in [0.717, 1.165) is 22.6 Å². The maximum atomic E-state index is 6.15. The third-order valence-corrected chi connectivity index (χ3v) is 4.38. The third-order valence-electron chi connectivity index (χ3n) is 3.03. The molecule has 21 heavy (non-hydrogen) atoms. The normalized spacial score (nSPS) is 11.8. The third kappa shape index (κ3) is 4.34. The molecule has 3 heteroatoms. The average Bonchev–Trinajstić information content (AvgIpc) is 2.44. The fraction of sp³-hybridized carbons (Fsp3) is 0.222. The lowest BCUT2D eigenvalue weighted by atomic mass is 10.1. The van der Waals surface area contributed by atoms with Crippen molar-refractivity contribution in [3.05, 3.63) is 71.8 Å². The van der Waals surface area contributed by atoms with E-state index in [-0.39, 0.29) is 0 Å². The topological polar surface area (TPSA) is 18.5 Å². The molecule has 0 saturated heterocycles. The van der Waals surface area contributed by atoms with Crippen molar-refractivity contribution in [2.75, 3.05) is 6.16 Å². The van der Waals surface area contributed by atoms with Crippen molar-refractivity contribution >= 4 is 8.38 Å². The second-order valence-electron chi connectivity index (χ2n) is 5.03. The van der Waals surface area contributed by atoms with E-state index in [1.54, 1.807) is 0 Å². The second kappa shape index (κ2) is 7.28. The summed E-state index contributed by atoms with van der Waals surface area (Å²) < 4.78 is 12.1. The number of hydrogen-bond donors (Lipinski definition) is 0. The first kappa shape index (κ1) is 15.6. The van der Waals surface area contributed by atoms with Crippen LogP contribution < -0.4 is 9.05 Å². The molecule has 0 spiro atoms. The van der Waals surface area contributed by atoms with E-state index in [1.165, 1.54) is 5.56 Å². The van der Waals surface area contributed by atoms with Crippen molar-refractivity contribution in [2.24, 2.45) is 0 Å². The largest absolute Gasteiger partial charge is 0.438 e. The molecule has 2 aromatic rings. The van der Waals surface area contributed by atoms with Gasteiger partial charge in [0.15, 0.2) is 0 Å². The monoisotopic (exact) mass is 300 g/mol. The lowest BCUT2D eigenvalue weighted by Gasteiger charge is -2.20. The lowest BCUT2D eigenvalue weighted by Crippen LogP contribution is -2.01. The van der Waals surface area contributed by atoms with Crippen molar-refractivity contribution in [2.45, 2.75) is 20.8 Å². The molecule has 2 rings (SSSR count). The summed E-state index contributed by atoms with van der Waals surface area (Å²) in [7, 11) is -1.07. The van der Waals surface area contributed by atoms with Crippen LogP contribution in [0.3, 0.4) is 0 Å². The molecular formula is C18H21O2P. The standard InChI is InChI=1S/C18H21O2P/c1-5-11-21(19-17-9-7-6-8-10-17)20-18-15(3)12-14(2)13-16(18)4/h5-10,12-13H,1,11H2,2-4H3. The first-order valence-electron chi connectivity index (χ1n) is 6.97. The molecule has 0 saturated carbocycles. The van der Waals surface area contributed by atoms with Gasteiger partial charge in [-0.2, -0.15) is 0 Å². The van der Waals surface area contributed by atoms with Crippen LogP contribution in [-0.4, -0.2) is 6.16 Å². The minimum absolute atomic E-state index is 0.691. The molecule has 2 nitrogen and oxygen atoms in total. The van der Waals surface area contributed by atoms with Crippen LogP contribution in [0.15, 0.2) is 55.1 Å². The van der Waals surface area contributed by atoms with Gasteiger partial charge in [-0.15, -0.1) is 6.58 Å². The van der Waals surface area contributed by atoms with E-state index in [2.05, 4.69) is 39.5 Å². The average molecular weight is 300 g/mol. The van der Waals surface area contributed by atoms with Gasteiger partial charge in [-0.1, -0.05) is 42.0 Å². The van der Waals surface area contributed by atoms with Gasteiger partial charge in [-0.05, 0) is 44.0 Å². The molecule has 0 radical (unpaired) electrons. The van der Waals surface area contributed by atoms with Crippen molar-refractivity contribution < 1.29 is 9.05 Å². The zero-order valence-corrected chi connectivity index (χ0v) is 13.7. The fourth-order valence-corrected chi connectivity index (χ4v) is 3.46. The van der Waals surface area contributed by atoms with E-state index < -0.39 is 8.38 Å². The van der Waals surface area contributed by atoms with Crippen LogP contribution in [0.4, 0.5) is 0 Å². The molecule has 0 aliphatic heterocycles. The highest BCUT2D eigenvalue weighted by Gasteiger charge is 2.16. The van der Waals surface area contributed by atoms with E-state index in [9.17, 15) is 0 Å². The number of rotatable bonds is 6. The zero-order valence-electron chi connectivity index (χ0n) is 12.8. The van der Waals surface area contributed by atoms with Gasteiger partial charge in [0, 0.05) is 0 Å². The van der Waals surface area contributed by atoms with Crippen LogP contribution >= 0.6 is 8.38 Å². The molecule has 1 atom stereocenters. The Bertz CT molecular complexity index is 585. The number of hydrogen-bond acceptors (Lipinski definition) is 2. The molecule has 1 unspecified atom stereocenters. The van der Waals surface area contributed by atoms with Crippen LogP contribution in [0.1, 0.15) is 16.7 Å². The van der Waals surface area contributed by atoms with Crippen molar-refractivity contribution in [1.82, 2.24) is 0 Å². The summed E-state index contributed by atoms with van der Waals surface area (Å²) in [6, 6.07) is 14.0. The number of allylic oxidation sites excluding steroid dienone is 1. The summed E-state index contributed by atoms with van der Waals surface area (Å²) in [5.74, 6) is 1.75. The summed E-state index contributed by atoms with van der Waals surface area (Å²) in [6.45, 7) is 10.0. The molecule has 0 aliphatic rings.